The van der Waals surface area contributed by atoms with E-state index in [4.69, 9.17) is 18.6 Å². The van der Waals surface area contributed by atoms with Crippen LogP contribution in [0.5, 0.6) is 0 Å². The molecular formula is C4H3B3I6O4. The van der Waals surface area contributed by atoms with Crippen LogP contribution in [-0.4, -0.2) is 32.9 Å². The molecule has 0 aromatic carbocycles. The molecule has 2 aliphatic heterocycles. The maximum Gasteiger partial charge on any atom is 0.406 e. The largest absolute Gasteiger partial charge is 0.479 e. The Hall–Kier alpha value is 4.41. The van der Waals surface area contributed by atoms with Crippen molar-refractivity contribution in [1.82, 2.24) is 0 Å². The first kappa shape index (κ1) is 17.8. The van der Waals surface area contributed by atoms with E-state index < -0.39 is 0 Å². The summed E-state index contributed by atoms with van der Waals surface area (Å²) in [5.74, 6) is 0. The molecule has 2 unspecified atom stereocenters. The summed E-state index contributed by atoms with van der Waals surface area (Å²) in [5.41, 5.74) is 0. The van der Waals surface area contributed by atoms with Gasteiger partial charge in [-0.25, -0.2) is 0 Å². The maximum absolute atomic E-state index is 5.54. The molecule has 2 heterocycles. The normalized spacial score (nSPS) is 40.6. The van der Waals surface area contributed by atoms with Crippen molar-refractivity contribution in [3.05, 3.63) is 0 Å². The van der Waals surface area contributed by atoms with Gasteiger partial charge in [0.2, 0.25) is 3.23 Å². The van der Waals surface area contributed by atoms with Crippen molar-refractivity contribution in [3.8, 4) is 0 Å². The number of alkyl halides is 6. The quantitative estimate of drug-likeness (QED) is 0.135. The average Bonchev–Trinajstić information content (AvgIpc) is 2.83. The van der Waals surface area contributed by atoms with Crippen LogP contribution in [0.4, 0.5) is 0 Å². The van der Waals surface area contributed by atoms with E-state index in [1.807, 2.05) is 0 Å². The molecule has 0 N–H and O–H groups in total. The second kappa shape index (κ2) is 6.14. The number of halogens is 6. The number of rotatable bonds is 6. The molecule has 0 aliphatic carbocycles. The lowest BCUT2D eigenvalue weighted by Gasteiger charge is -2.07. The zero-order valence-corrected chi connectivity index (χ0v) is 21.0. The van der Waals surface area contributed by atoms with Crippen LogP contribution in [0.15, 0.2) is 0 Å². The minimum Gasteiger partial charge on any atom is -0.479 e. The molecule has 0 spiro atoms. The van der Waals surface area contributed by atoms with Crippen LogP contribution in [0.3, 0.4) is 0 Å². The van der Waals surface area contributed by atoms with E-state index in [2.05, 4.69) is 136 Å². The second-order valence-electron chi connectivity index (χ2n) is 3.51. The maximum atomic E-state index is 5.54. The minimum atomic E-state index is -0.219. The van der Waals surface area contributed by atoms with E-state index in [0.29, 0.717) is 15.0 Å². The molecule has 94 valence electrons. The van der Waals surface area contributed by atoms with Gasteiger partial charge in [0, 0.05) is 0 Å². The van der Waals surface area contributed by atoms with Crippen LogP contribution < -0.4 is 0 Å². The Morgan fingerprint density at radius 2 is 1.00 bits per heavy atom. The summed E-state index contributed by atoms with van der Waals surface area (Å²) in [6.45, 7) is 0. The molecule has 13 heteroatoms. The lowest BCUT2D eigenvalue weighted by Crippen LogP contribution is -2.27. The first-order valence-corrected chi connectivity index (χ1v) is 10.8. The lowest BCUT2D eigenvalue weighted by atomic mass is 9.91. The number of ether oxygens (including phenoxy) is 2. The molecule has 0 radical (unpaired) electrons. The van der Waals surface area contributed by atoms with Crippen molar-refractivity contribution >= 4 is 158 Å². The Bertz CT molecular complexity index is 302. The molecule has 2 aliphatic rings. The van der Waals surface area contributed by atoms with Gasteiger partial charge >= 0.3 is 22.6 Å². The van der Waals surface area contributed by atoms with Crippen molar-refractivity contribution in [2.24, 2.45) is 0 Å². The SMILES string of the molecule is IC1(I)OC1(I)BOBOBC1(I)OC1(I)I. The molecule has 2 fully saturated rings. The van der Waals surface area contributed by atoms with Crippen molar-refractivity contribution in [2.75, 3.05) is 0 Å². The second-order valence-corrected chi connectivity index (χ2v) is 17.2. The molecule has 0 aromatic heterocycles. The molecule has 0 bridgehead atoms. The van der Waals surface area contributed by atoms with Crippen molar-refractivity contribution in [2.45, 2.75) is 10.2 Å². The van der Waals surface area contributed by atoms with E-state index in [0.717, 1.165) is 0 Å². The highest BCUT2D eigenvalue weighted by molar-refractivity contribution is 14.2. The van der Waals surface area contributed by atoms with Gasteiger partial charge < -0.3 is 18.6 Å². The summed E-state index contributed by atoms with van der Waals surface area (Å²) in [6, 6.07) is 0. The Balaban J connectivity index is 1.57. The van der Waals surface area contributed by atoms with Crippen molar-refractivity contribution in [3.63, 3.8) is 0 Å². The smallest absolute Gasteiger partial charge is 0.406 e. The molecule has 2 rings (SSSR count). The van der Waals surface area contributed by atoms with Crippen molar-refractivity contribution in [1.29, 1.82) is 0 Å². The van der Waals surface area contributed by atoms with Gasteiger partial charge in [-0.2, -0.15) is 0 Å². The van der Waals surface area contributed by atoms with E-state index in [1.54, 1.807) is 0 Å². The Morgan fingerprint density at radius 1 is 0.706 bits per heavy atom. The highest BCUT2D eigenvalue weighted by Crippen LogP contribution is 2.62. The Morgan fingerprint density at radius 3 is 1.24 bits per heavy atom. The fourth-order valence-corrected chi connectivity index (χ4v) is 5.90. The van der Waals surface area contributed by atoms with E-state index in [1.165, 1.54) is 0 Å². The number of epoxide rings is 2. The van der Waals surface area contributed by atoms with Crippen LogP contribution in [0.2, 0.25) is 0 Å². The molecule has 0 amide bonds. The summed E-state index contributed by atoms with van der Waals surface area (Å²) < 4.78 is 21.3. The van der Waals surface area contributed by atoms with Gasteiger partial charge in [-0.3, -0.25) is 0 Å². The van der Waals surface area contributed by atoms with Gasteiger partial charge in [0.15, 0.2) is 7.01 Å². The molecule has 2 saturated heterocycles. The molecular weight excluding hydrogens is 906 g/mol. The predicted octanol–water partition coefficient (Wildman–Crippen LogP) is 2.27. The van der Waals surface area contributed by atoms with Gasteiger partial charge in [0.1, 0.15) is 0 Å². The van der Waals surface area contributed by atoms with Gasteiger partial charge in [-0.05, 0) is 136 Å². The molecule has 4 nitrogen and oxygen atoms in total. The Kier molecular flexibility index (Phi) is 6.41. The summed E-state index contributed by atoms with van der Waals surface area (Å²) in [6.07, 6.45) is 0. The number of hydrogen-bond acceptors (Lipinski definition) is 4. The van der Waals surface area contributed by atoms with Crippen LogP contribution >= 0.6 is 136 Å². The predicted molar refractivity (Wildman–Crippen MR) is 121 cm³/mol. The van der Waals surface area contributed by atoms with E-state index >= 15 is 0 Å². The van der Waals surface area contributed by atoms with Crippen LogP contribution in [-0.2, 0) is 18.6 Å². The molecule has 17 heavy (non-hydrogen) atoms. The third kappa shape index (κ3) is 4.24. The summed E-state index contributed by atoms with van der Waals surface area (Å²) in [5, 5.41) is 0. The third-order valence-corrected chi connectivity index (χ3v) is 13.2. The topological polar surface area (TPSA) is 43.5 Å². The van der Waals surface area contributed by atoms with Gasteiger partial charge in [-0.1, -0.05) is 0 Å². The van der Waals surface area contributed by atoms with Crippen LogP contribution in [0.1, 0.15) is 0 Å². The first-order valence-electron chi connectivity index (χ1n) is 4.31. The zero-order valence-electron chi connectivity index (χ0n) is 8.02. The van der Waals surface area contributed by atoms with E-state index in [9.17, 15) is 0 Å². The highest BCUT2D eigenvalue weighted by atomic mass is 127. The number of hydrogen-bond donors (Lipinski definition) is 0. The van der Waals surface area contributed by atoms with Gasteiger partial charge in [0.05, 0.1) is 0 Å². The van der Waals surface area contributed by atoms with Crippen molar-refractivity contribution < 1.29 is 18.6 Å². The summed E-state index contributed by atoms with van der Waals surface area (Å²) >= 11 is 13.6. The average molecular weight is 909 g/mol. The van der Waals surface area contributed by atoms with E-state index in [-0.39, 0.29) is 17.9 Å². The first-order chi connectivity index (χ1) is 7.62. The standard InChI is InChI=1S/C4H3B3I6O4/c8-1(3(10,11)14-1)5-16-7-17-6-2(9)4(12,13)15-2/h5-7H. The Labute approximate surface area is 183 Å². The van der Waals surface area contributed by atoms with Crippen LogP contribution in [0, 0.1) is 0 Å². The summed E-state index contributed by atoms with van der Waals surface area (Å²) in [7, 11) is 1.34. The lowest BCUT2D eigenvalue weighted by molar-refractivity contribution is 0.404. The van der Waals surface area contributed by atoms with Gasteiger partial charge in [-0.15, -0.1) is 0 Å². The summed E-state index contributed by atoms with van der Waals surface area (Å²) in [4.78, 5) is 0. The minimum absolute atomic E-state index is 0.146. The zero-order chi connectivity index (χ0) is 12.9. The molecule has 0 aromatic rings. The highest BCUT2D eigenvalue weighted by Gasteiger charge is 2.68. The molecule has 2 atom stereocenters. The molecule has 0 saturated carbocycles. The van der Waals surface area contributed by atoms with Gasteiger partial charge in [0.25, 0.3) is 0 Å². The fourth-order valence-electron chi connectivity index (χ4n) is 0.987. The fraction of sp³-hybridized carbons (Fsp3) is 1.00. The third-order valence-electron chi connectivity index (χ3n) is 2.11. The monoisotopic (exact) mass is 909 g/mol. The van der Waals surface area contributed by atoms with Crippen LogP contribution in [0.25, 0.3) is 0 Å².